The topological polar surface area (TPSA) is 13.1 Å². The summed E-state index contributed by atoms with van der Waals surface area (Å²) >= 11 is 0. The Hall–Kier alpha value is -6.70. The van der Waals surface area contributed by atoms with Gasteiger partial charge in [0.1, 0.15) is 11.2 Å². The van der Waals surface area contributed by atoms with Crippen molar-refractivity contribution in [3.8, 4) is 33.4 Å². The first-order valence-electron chi connectivity index (χ1n) is 19.7. The van der Waals surface area contributed by atoms with Gasteiger partial charge in [0, 0.05) is 16.3 Å². The quantitative estimate of drug-likeness (QED) is 0.137. The van der Waals surface area contributed by atoms with E-state index in [2.05, 4.69) is 115 Å². The molecular formula is C50H30O. The van der Waals surface area contributed by atoms with Crippen molar-refractivity contribution in [1.82, 2.24) is 0 Å². The van der Waals surface area contributed by atoms with Gasteiger partial charge in [0.15, 0.2) is 0 Å². The molecule has 0 aliphatic heterocycles. The van der Waals surface area contributed by atoms with Gasteiger partial charge in [-0.1, -0.05) is 170 Å². The van der Waals surface area contributed by atoms with E-state index in [9.17, 15) is 0 Å². The van der Waals surface area contributed by atoms with Gasteiger partial charge in [-0.05, 0) is 93.8 Å². The molecule has 0 saturated heterocycles. The third kappa shape index (κ3) is 4.09. The van der Waals surface area contributed by atoms with Gasteiger partial charge < -0.3 is 4.42 Å². The molecule has 0 bridgehead atoms. The van der Waals surface area contributed by atoms with Crippen LogP contribution in [0.25, 0.3) is 109 Å². The Balaban J connectivity index is 1.31. The summed E-state index contributed by atoms with van der Waals surface area (Å²) in [5.74, 6) is 0. The van der Waals surface area contributed by atoms with E-state index in [4.69, 9.17) is 11.3 Å². The van der Waals surface area contributed by atoms with Crippen LogP contribution in [0.4, 0.5) is 0 Å². The Labute approximate surface area is 301 Å². The van der Waals surface area contributed by atoms with E-state index in [-0.39, 0.29) is 29.7 Å². The molecule has 0 atom stereocenters. The van der Waals surface area contributed by atoms with Gasteiger partial charge in [0.2, 0.25) is 0 Å². The van der Waals surface area contributed by atoms with Crippen LogP contribution in [0.15, 0.2) is 186 Å². The van der Waals surface area contributed by atoms with Crippen LogP contribution in [-0.4, -0.2) is 0 Å². The lowest BCUT2D eigenvalue weighted by Crippen LogP contribution is -1.93. The van der Waals surface area contributed by atoms with E-state index in [1.54, 1.807) is 0 Å². The van der Waals surface area contributed by atoms with Crippen molar-refractivity contribution >= 4 is 75.8 Å². The first-order valence-corrected chi connectivity index (χ1v) is 17.2. The maximum absolute atomic E-state index is 8.94. The molecule has 0 aliphatic carbocycles. The number of rotatable bonds is 3. The number of fused-ring (bicyclic) bond motifs is 10. The Morgan fingerprint density at radius 1 is 0.353 bits per heavy atom. The zero-order chi connectivity index (χ0) is 37.8. The zero-order valence-corrected chi connectivity index (χ0v) is 27.3. The monoisotopic (exact) mass is 651 g/mol. The van der Waals surface area contributed by atoms with Crippen LogP contribution in [-0.2, 0) is 0 Å². The minimum atomic E-state index is -0.426. The maximum Gasteiger partial charge on any atom is 0.143 e. The lowest BCUT2D eigenvalue weighted by atomic mass is 9.83. The summed E-state index contributed by atoms with van der Waals surface area (Å²) < 4.78 is 50.0. The molecule has 0 N–H and O–H groups in total. The minimum absolute atomic E-state index is 0.115. The Bertz CT molecular complexity index is 3400. The third-order valence-corrected chi connectivity index (χ3v) is 10.5. The van der Waals surface area contributed by atoms with E-state index < -0.39 is 6.04 Å². The van der Waals surface area contributed by atoms with Crippen molar-refractivity contribution in [3.63, 3.8) is 0 Å². The van der Waals surface area contributed by atoms with Gasteiger partial charge in [-0.3, -0.25) is 0 Å². The van der Waals surface area contributed by atoms with Crippen LogP contribution < -0.4 is 0 Å². The van der Waals surface area contributed by atoms with Gasteiger partial charge in [0.25, 0.3) is 0 Å². The molecule has 1 aromatic heterocycles. The largest absolute Gasteiger partial charge is 0.455 e. The molecule has 10 aromatic carbocycles. The fourth-order valence-corrected chi connectivity index (χ4v) is 8.40. The molecule has 0 aliphatic rings. The molecule has 11 aromatic rings. The van der Waals surface area contributed by atoms with Crippen molar-refractivity contribution in [2.24, 2.45) is 0 Å². The van der Waals surface area contributed by atoms with Crippen LogP contribution in [0.5, 0.6) is 0 Å². The van der Waals surface area contributed by atoms with E-state index in [0.29, 0.717) is 16.7 Å². The summed E-state index contributed by atoms with van der Waals surface area (Å²) in [5, 5.41) is 13.0. The fourth-order valence-electron chi connectivity index (χ4n) is 8.40. The Kier molecular flexibility index (Phi) is 5.05. The zero-order valence-electron chi connectivity index (χ0n) is 32.3. The van der Waals surface area contributed by atoms with Crippen LogP contribution in [0.3, 0.4) is 0 Å². The van der Waals surface area contributed by atoms with E-state index in [0.717, 1.165) is 65.3 Å². The molecule has 0 spiro atoms. The average molecular weight is 652 g/mol. The fraction of sp³-hybridized carbons (Fsp3) is 0. The third-order valence-electron chi connectivity index (χ3n) is 10.5. The highest BCUT2D eigenvalue weighted by Crippen LogP contribution is 2.50. The first kappa shape index (κ1) is 23.6. The number of benzene rings is 10. The van der Waals surface area contributed by atoms with Crippen molar-refractivity contribution in [2.75, 3.05) is 0 Å². The Morgan fingerprint density at radius 2 is 0.902 bits per heavy atom. The standard InChI is InChI=1S/C50H30O/c1-2-13-31(14-3-1)36-28-29-44(49-48-35-18-7-5-16-33(35)26-30-45(48)51-50(36)49)47-42-21-10-8-19-40(42)46(41-20-9-11-22-43(41)47)39-24-12-23-37-34-17-6-4-15-32(34)25-27-38(37)39/h1-30H/i1D,2D,3D,13D,14D. The highest BCUT2D eigenvalue weighted by molar-refractivity contribution is 6.30. The van der Waals surface area contributed by atoms with Gasteiger partial charge in [-0.15, -0.1) is 0 Å². The molecule has 0 saturated carbocycles. The molecule has 11 rings (SSSR count). The molecule has 0 amide bonds. The molecule has 1 heterocycles. The maximum atomic E-state index is 8.94. The second-order valence-corrected chi connectivity index (χ2v) is 13.2. The second-order valence-electron chi connectivity index (χ2n) is 13.2. The lowest BCUT2D eigenvalue weighted by Gasteiger charge is -2.20. The van der Waals surface area contributed by atoms with E-state index in [1.165, 1.54) is 21.5 Å². The first-order chi connectivity index (χ1) is 27.4. The number of hydrogen-bond acceptors (Lipinski definition) is 1. The summed E-state index contributed by atoms with van der Waals surface area (Å²) in [6, 6.07) is 51.2. The summed E-state index contributed by atoms with van der Waals surface area (Å²) in [7, 11) is 0. The molecular weight excluding hydrogens is 617 g/mol. The molecule has 236 valence electrons. The summed E-state index contributed by atoms with van der Waals surface area (Å²) in [6.45, 7) is 0. The van der Waals surface area contributed by atoms with E-state index in [1.807, 2.05) is 36.4 Å². The van der Waals surface area contributed by atoms with E-state index >= 15 is 0 Å². The SMILES string of the molecule is [2H]c1c([2H])c([2H])c(-c2ccc(-c3c4ccccc4c(-c4cccc5c4ccc4ccccc45)c4ccccc34)c3c2oc2ccc4ccccc4c23)c([2H])c1[2H]. The van der Waals surface area contributed by atoms with Crippen LogP contribution in [0.2, 0.25) is 0 Å². The molecule has 0 radical (unpaired) electrons. The predicted molar refractivity (Wildman–Crippen MR) is 218 cm³/mol. The molecule has 0 fully saturated rings. The van der Waals surface area contributed by atoms with Crippen molar-refractivity contribution in [1.29, 1.82) is 0 Å². The van der Waals surface area contributed by atoms with Crippen molar-refractivity contribution in [3.05, 3.63) is 182 Å². The van der Waals surface area contributed by atoms with Gasteiger partial charge in [-0.25, -0.2) is 0 Å². The van der Waals surface area contributed by atoms with Gasteiger partial charge in [-0.2, -0.15) is 0 Å². The normalized spacial score (nSPS) is 13.3. The van der Waals surface area contributed by atoms with Crippen molar-refractivity contribution in [2.45, 2.75) is 0 Å². The highest BCUT2D eigenvalue weighted by Gasteiger charge is 2.23. The smallest absolute Gasteiger partial charge is 0.143 e. The highest BCUT2D eigenvalue weighted by atomic mass is 16.3. The van der Waals surface area contributed by atoms with Crippen molar-refractivity contribution < 1.29 is 11.3 Å². The minimum Gasteiger partial charge on any atom is -0.455 e. The summed E-state index contributed by atoms with van der Waals surface area (Å²) in [5.41, 5.74) is 6.01. The number of hydrogen-bond donors (Lipinski definition) is 0. The molecule has 51 heavy (non-hydrogen) atoms. The lowest BCUT2D eigenvalue weighted by molar-refractivity contribution is 0.670. The number of furan rings is 1. The second kappa shape index (κ2) is 10.9. The van der Waals surface area contributed by atoms with Crippen LogP contribution in [0, 0.1) is 0 Å². The van der Waals surface area contributed by atoms with Gasteiger partial charge >= 0.3 is 0 Å². The van der Waals surface area contributed by atoms with Crippen LogP contribution >= 0.6 is 0 Å². The average Bonchev–Trinajstić information content (AvgIpc) is 3.65. The molecule has 1 heteroatoms. The van der Waals surface area contributed by atoms with Gasteiger partial charge in [0.05, 0.1) is 6.85 Å². The molecule has 1 nitrogen and oxygen atoms in total. The molecule has 0 unspecified atom stereocenters. The summed E-state index contributed by atoms with van der Waals surface area (Å²) in [4.78, 5) is 0. The summed E-state index contributed by atoms with van der Waals surface area (Å²) in [6.07, 6.45) is 0. The van der Waals surface area contributed by atoms with Crippen LogP contribution in [0.1, 0.15) is 6.85 Å². The Morgan fingerprint density at radius 3 is 1.61 bits per heavy atom. The predicted octanol–water partition coefficient (Wildman–Crippen LogP) is 14.4.